The molecule has 1 amide bonds. The van der Waals surface area contributed by atoms with Crippen LogP contribution in [0.2, 0.25) is 0 Å². The number of pyridine rings is 1. The second kappa shape index (κ2) is 7.61. The number of nitrogens with zero attached hydrogens (tertiary/aromatic N) is 1. The fourth-order valence-corrected chi connectivity index (χ4v) is 1.49. The molecule has 5 heteroatoms. The van der Waals surface area contributed by atoms with Crippen LogP contribution in [0.25, 0.3) is 0 Å². The van der Waals surface area contributed by atoms with Gasteiger partial charge in [-0.25, -0.2) is 0 Å². The van der Waals surface area contributed by atoms with Crippen LogP contribution in [-0.2, 0) is 11.3 Å². The van der Waals surface area contributed by atoms with Crippen molar-refractivity contribution < 1.29 is 9.53 Å². The van der Waals surface area contributed by atoms with Crippen LogP contribution in [0.4, 0.5) is 0 Å². The average Bonchev–Trinajstić information content (AvgIpc) is 2.37. The number of carbonyl (C=O) groups is 1. The predicted molar refractivity (Wildman–Crippen MR) is 74.3 cm³/mol. The van der Waals surface area contributed by atoms with Crippen LogP contribution < -0.4 is 15.6 Å². The highest BCUT2D eigenvalue weighted by atomic mass is 16.5. The number of amides is 1. The van der Waals surface area contributed by atoms with Gasteiger partial charge in [0.25, 0.3) is 5.56 Å². The molecule has 5 nitrogen and oxygen atoms in total. The van der Waals surface area contributed by atoms with E-state index >= 15 is 0 Å². The Morgan fingerprint density at radius 3 is 2.84 bits per heavy atom. The maximum absolute atomic E-state index is 12.0. The van der Waals surface area contributed by atoms with Crippen molar-refractivity contribution >= 4 is 5.91 Å². The van der Waals surface area contributed by atoms with Gasteiger partial charge in [0.2, 0.25) is 5.91 Å². The molecule has 0 fully saturated rings. The molecule has 0 spiro atoms. The summed E-state index contributed by atoms with van der Waals surface area (Å²) in [6, 6.07) is 3.34. The van der Waals surface area contributed by atoms with Gasteiger partial charge in [0, 0.05) is 12.7 Å². The van der Waals surface area contributed by atoms with Crippen LogP contribution in [0.15, 0.2) is 23.1 Å². The largest absolute Gasteiger partial charge is 0.488 e. The Labute approximate surface area is 113 Å². The molecule has 0 aliphatic carbocycles. The Morgan fingerprint density at radius 2 is 2.21 bits per heavy atom. The summed E-state index contributed by atoms with van der Waals surface area (Å²) in [5.41, 5.74) is -0.268. The highest BCUT2D eigenvalue weighted by Crippen LogP contribution is 2.02. The van der Waals surface area contributed by atoms with Crippen molar-refractivity contribution in [3.05, 3.63) is 28.7 Å². The van der Waals surface area contributed by atoms with E-state index in [-0.39, 0.29) is 18.0 Å². The minimum atomic E-state index is -0.268. The molecule has 106 valence electrons. The smallest absolute Gasteiger partial charge is 0.293 e. The van der Waals surface area contributed by atoms with Gasteiger partial charge in [0.05, 0.1) is 6.61 Å². The fraction of sp³-hybridized carbons (Fsp3) is 0.571. The lowest BCUT2D eigenvalue weighted by Crippen LogP contribution is -2.34. The van der Waals surface area contributed by atoms with E-state index in [9.17, 15) is 9.59 Å². The fourth-order valence-electron chi connectivity index (χ4n) is 1.49. The van der Waals surface area contributed by atoms with E-state index < -0.39 is 0 Å². The molecule has 0 atom stereocenters. The summed E-state index contributed by atoms with van der Waals surface area (Å²) < 4.78 is 6.70. The Hall–Kier alpha value is -1.78. The molecule has 0 bridgehead atoms. The van der Waals surface area contributed by atoms with E-state index in [0.717, 1.165) is 6.42 Å². The van der Waals surface area contributed by atoms with Crippen molar-refractivity contribution in [2.24, 2.45) is 5.92 Å². The number of ether oxygens (including phenoxy) is 1. The Morgan fingerprint density at radius 1 is 1.47 bits per heavy atom. The third kappa shape index (κ3) is 5.16. The third-order valence-corrected chi connectivity index (χ3v) is 2.47. The number of nitrogens with one attached hydrogen (secondary N) is 1. The minimum absolute atomic E-state index is 0.0227. The first-order valence-corrected chi connectivity index (χ1v) is 6.63. The highest BCUT2D eigenvalue weighted by molar-refractivity contribution is 5.75. The van der Waals surface area contributed by atoms with Crippen LogP contribution in [0.3, 0.4) is 0 Å². The Bertz CT molecular complexity index is 466. The zero-order valence-electron chi connectivity index (χ0n) is 11.8. The minimum Gasteiger partial charge on any atom is -0.488 e. The van der Waals surface area contributed by atoms with Crippen molar-refractivity contribution in [3.8, 4) is 5.75 Å². The molecule has 0 aromatic carbocycles. The number of hydrogen-bond acceptors (Lipinski definition) is 3. The first-order valence-electron chi connectivity index (χ1n) is 6.63. The summed E-state index contributed by atoms with van der Waals surface area (Å²) in [6.45, 7) is 7.14. The Balaban J connectivity index is 2.68. The number of rotatable bonds is 7. The maximum atomic E-state index is 12.0. The summed E-state index contributed by atoms with van der Waals surface area (Å²) in [7, 11) is 0. The quantitative estimate of drug-likeness (QED) is 0.811. The second-order valence-corrected chi connectivity index (χ2v) is 4.85. The maximum Gasteiger partial charge on any atom is 0.293 e. The zero-order chi connectivity index (χ0) is 14.3. The summed E-state index contributed by atoms with van der Waals surface area (Å²) in [5.74, 6) is 0.518. The second-order valence-electron chi connectivity index (χ2n) is 4.85. The molecule has 1 aromatic rings. The average molecular weight is 266 g/mol. The number of hydrogen-bond donors (Lipinski definition) is 1. The van der Waals surface area contributed by atoms with Crippen molar-refractivity contribution in [1.29, 1.82) is 0 Å². The Kier molecular flexibility index (Phi) is 6.12. The first kappa shape index (κ1) is 15.3. The van der Waals surface area contributed by atoms with Gasteiger partial charge in [-0.05, 0) is 24.5 Å². The summed E-state index contributed by atoms with van der Waals surface area (Å²) in [5, 5.41) is 2.78. The molecule has 1 rings (SSSR count). The van der Waals surface area contributed by atoms with Crippen molar-refractivity contribution in [3.63, 3.8) is 0 Å². The normalized spacial score (nSPS) is 10.5. The monoisotopic (exact) mass is 266 g/mol. The lowest BCUT2D eigenvalue weighted by molar-refractivity contribution is -0.121. The molecule has 19 heavy (non-hydrogen) atoms. The van der Waals surface area contributed by atoms with E-state index in [0.29, 0.717) is 24.8 Å². The first-order chi connectivity index (χ1) is 9.04. The number of aromatic nitrogens is 1. The van der Waals surface area contributed by atoms with Crippen LogP contribution >= 0.6 is 0 Å². The standard InChI is InChI=1S/C14H22N2O3/c1-4-8-19-12-6-5-7-16(14(12)18)10-13(17)15-9-11(2)3/h5-7,11H,4,8-10H2,1-3H3,(H,15,17). The predicted octanol–water partition coefficient (Wildman–Crippen LogP) is 1.41. The molecule has 0 aliphatic rings. The van der Waals surface area contributed by atoms with E-state index in [4.69, 9.17) is 4.74 Å². The van der Waals surface area contributed by atoms with Crippen LogP contribution in [-0.4, -0.2) is 23.6 Å². The lowest BCUT2D eigenvalue weighted by atomic mass is 10.2. The van der Waals surface area contributed by atoms with Gasteiger partial charge >= 0.3 is 0 Å². The molecule has 1 aromatic heterocycles. The van der Waals surface area contributed by atoms with Crippen molar-refractivity contribution in [2.75, 3.05) is 13.2 Å². The van der Waals surface area contributed by atoms with Crippen LogP contribution in [0.5, 0.6) is 5.75 Å². The molecule has 1 heterocycles. The van der Waals surface area contributed by atoms with E-state index in [1.807, 2.05) is 20.8 Å². The molecule has 1 N–H and O–H groups in total. The van der Waals surface area contributed by atoms with Gasteiger partial charge in [-0.1, -0.05) is 20.8 Å². The molecular formula is C14H22N2O3. The molecular weight excluding hydrogens is 244 g/mol. The summed E-state index contributed by atoms with van der Waals surface area (Å²) >= 11 is 0. The molecule has 0 unspecified atom stereocenters. The van der Waals surface area contributed by atoms with Gasteiger partial charge < -0.3 is 14.6 Å². The van der Waals surface area contributed by atoms with E-state index in [2.05, 4.69) is 5.32 Å². The van der Waals surface area contributed by atoms with Gasteiger partial charge in [-0.3, -0.25) is 9.59 Å². The van der Waals surface area contributed by atoms with Gasteiger partial charge in [0.1, 0.15) is 6.54 Å². The topological polar surface area (TPSA) is 60.3 Å². The summed E-state index contributed by atoms with van der Waals surface area (Å²) in [6.07, 6.45) is 2.43. The molecule has 0 saturated carbocycles. The van der Waals surface area contributed by atoms with E-state index in [1.165, 1.54) is 4.57 Å². The van der Waals surface area contributed by atoms with Gasteiger partial charge in [-0.15, -0.1) is 0 Å². The van der Waals surface area contributed by atoms with Gasteiger partial charge in [-0.2, -0.15) is 0 Å². The van der Waals surface area contributed by atoms with Crippen molar-refractivity contribution in [2.45, 2.75) is 33.7 Å². The zero-order valence-corrected chi connectivity index (χ0v) is 11.8. The third-order valence-electron chi connectivity index (χ3n) is 2.47. The van der Waals surface area contributed by atoms with E-state index in [1.54, 1.807) is 18.3 Å². The summed E-state index contributed by atoms with van der Waals surface area (Å²) in [4.78, 5) is 23.7. The molecule has 0 radical (unpaired) electrons. The lowest BCUT2D eigenvalue weighted by Gasteiger charge is -2.10. The van der Waals surface area contributed by atoms with Crippen molar-refractivity contribution in [1.82, 2.24) is 9.88 Å². The highest BCUT2D eigenvalue weighted by Gasteiger charge is 2.08. The SMILES string of the molecule is CCCOc1cccn(CC(=O)NCC(C)C)c1=O. The molecule has 0 saturated heterocycles. The van der Waals surface area contributed by atoms with Crippen LogP contribution in [0, 0.1) is 5.92 Å². The number of carbonyl (C=O) groups excluding carboxylic acids is 1. The van der Waals surface area contributed by atoms with Crippen LogP contribution in [0.1, 0.15) is 27.2 Å². The molecule has 0 aliphatic heterocycles. The van der Waals surface area contributed by atoms with Gasteiger partial charge in [0.15, 0.2) is 5.75 Å².